The Balaban J connectivity index is 1.77. The van der Waals surface area contributed by atoms with Gasteiger partial charge in [0, 0.05) is 6.42 Å². The zero-order valence-electron chi connectivity index (χ0n) is 20.4. The minimum atomic E-state index is -0.768. The second-order valence-corrected chi connectivity index (χ2v) is 8.45. The van der Waals surface area contributed by atoms with Crippen LogP contribution in [0.2, 0.25) is 0 Å². The van der Waals surface area contributed by atoms with Crippen molar-refractivity contribution in [3.05, 3.63) is 71.8 Å². The predicted molar refractivity (Wildman–Crippen MR) is 132 cm³/mol. The highest BCUT2D eigenvalue weighted by Crippen LogP contribution is 2.16. The van der Waals surface area contributed by atoms with Gasteiger partial charge in [-0.25, -0.2) is 9.59 Å². The molecule has 8 nitrogen and oxygen atoms in total. The van der Waals surface area contributed by atoms with Crippen LogP contribution in [-0.2, 0) is 23.8 Å². The van der Waals surface area contributed by atoms with Crippen LogP contribution in [0.15, 0.2) is 60.7 Å². The number of benzene rings is 2. The van der Waals surface area contributed by atoms with E-state index < -0.39 is 36.6 Å². The fourth-order valence-corrected chi connectivity index (χ4v) is 3.57. The van der Waals surface area contributed by atoms with E-state index in [9.17, 15) is 19.2 Å². The van der Waals surface area contributed by atoms with Crippen molar-refractivity contribution in [2.45, 2.75) is 57.8 Å². The number of aliphatic carboxylic acids is 1. The molecule has 1 unspecified atom stereocenters. The van der Waals surface area contributed by atoms with Crippen LogP contribution in [0, 0.1) is 5.92 Å². The van der Waals surface area contributed by atoms with Gasteiger partial charge in [0.15, 0.2) is 0 Å². The number of carbonyl (C=O) groups excluding carboxylic acids is 3. The molecule has 0 fully saturated rings. The number of hydrogen-bond acceptors (Lipinski definition) is 7. The van der Waals surface area contributed by atoms with Gasteiger partial charge in [-0.05, 0) is 37.1 Å². The molecule has 8 heteroatoms. The molecule has 0 aliphatic carbocycles. The zero-order chi connectivity index (χ0) is 26.0. The van der Waals surface area contributed by atoms with Crippen molar-refractivity contribution in [1.82, 2.24) is 0 Å². The molecule has 0 spiro atoms. The number of unbranched alkanes of at least 4 members (excludes halogenated alkanes) is 6. The first-order valence-corrected chi connectivity index (χ1v) is 12.3. The quantitative estimate of drug-likeness (QED) is 0.175. The standard InChI is InChI=1S/C28H34O8/c29-25(30)19-13-5-3-1-2-4-8-18-24(20-34-26(31)22-14-9-6-10-15-22)28(33)36-21-35-27(32)23-16-11-7-12-17-23/h6-7,9-12,14-17,24H,1-5,8,13,18-21H2,(H,29,30). The average Bonchev–Trinajstić information content (AvgIpc) is 2.89. The molecule has 0 radical (unpaired) electrons. The minimum absolute atomic E-state index is 0.131. The van der Waals surface area contributed by atoms with E-state index in [2.05, 4.69) is 0 Å². The highest BCUT2D eigenvalue weighted by atomic mass is 16.7. The summed E-state index contributed by atoms with van der Waals surface area (Å²) in [4.78, 5) is 47.5. The van der Waals surface area contributed by atoms with Crippen molar-refractivity contribution < 1.29 is 38.5 Å². The molecule has 0 aromatic heterocycles. The molecule has 0 amide bonds. The van der Waals surface area contributed by atoms with Crippen molar-refractivity contribution in [2.75, 3.05) is 13.4 Å². The van der Waals surface area contributed by atoms with Crippen molar-refractivity contribution >= 4 is 23.9 Å². The first-order chi connectivity index (χ1) is 17.5. The Morgan fingerprint density at radius 2 is 1.14 bits per heavy atom. The number of carboxylic acids is 1. The molecule has 2 rings (SSSR count). The van der Waals surface area contributed by atoms with Crippen molar-refractivity contribution in [2.24, 2.45) is 5.92 Å². The van der Waals surface area contributed by atoms with Gasteiger partial charge in [0.1, 0.15) is 6.61 Å². The molecular weight excluding hydrogens is 464 g/mol. The van der Waals surface area contributed by atoms with E-state index in [-0.39, 0.29) is 13.0 Å². The summed E-state index contributed by atoms with van der Waals surface area (Å²) in [6.45, 7) is -0.652. The summed E-state index contributed by atoms with van der Waals surface area (Å²) >= 11 is 0. The van der Waals surface area contributed by atoms with Gasteiger partial charge in [0.05, 0.1) is 17.0 Å². The molecule has 194 valence electrons. The van der Waals surface area contributed by atoms with Gasteiger partial charge in [-0.15, -0.1) is 0 Å². The van der Waals surface area contributed by atoms with Crippen LogP contribution in [0.5, 0.6) is 0 Å². The maximum atomic E-state index is 12.7. The summed E-state index contributed by atoms with van der Waals surface area (Å²) in [7, 11) is 0. The van der Waals surface area contributed by atoms with E-state index in [0.29, 0.717) is 24.0 Å². The van der Waals surface area contributed by atoms with Gasteiger partial charge in [-0.1, -0.05) is 74.9 Å². The lowest BCUT2D eigenvalue weighted by Gasteiger charge is -2.16. The fourth-order valence-electron chi connectivity index (χ4n) is 3.57. The summed E-state index contributed by atoms with van der Waals surface area (Å²) in [6.07, 6.45) is 6.79. The van der Waals surface area contributed by atoms with Crippen molar-refractivity contribution in [3.8, 4) is 0 Å². The van der Waals surface area contributed by atoms with E-state index in [4.69, 9.17) is 19.3 Å². The lowest BCUT2D eigenvalue weighted by Crippen LogP contribution is -2.26. The molecule has 2 aromatic rings. The Labute approximate surface area is 211 Å². The third kappa shape index (κ3) is 11.6. The number of carboxylic acid groups (broad SMARTS) is 1. The summed E-state index contributed by atoms with van der Waals surface area (Å²) in [5.74, 6) is -3.16. The second-order valence-electron chi connectivity index (χ2n) is 8.45. The second kappa shape index (κ2) is 16.9. The Kier molecular flexibility index (Phi) is 13.4. The Morgan fingerprint density at radius 1 is 0.639 bits per heavy atom. The SMILES string of the molecule is O=C(O)CCCCCCCCCC(COC(=O)c1ccccc1)C(=O)OCOC(=O)c1ccccc1. The zero-order valence-corrected chi connectivity index (χ0v) is 20.4. The number of carbonyl (C=O) groups is 4. The number of esters is 3. The molecule has 0 bridgehead atoms. The van der Waals surface area contributed by atoms with Gasteiger partial charge in [-0.3, -0.25) is 9.59 Å². The fraction of sp³-hybridized carbons (Fsp3) is 0.429. The molecule has 0 heterocycles. The summed E-state index contributed by atoms with van der Waals surface area (Å²) in [5.41, 5.74) is 0.745. The average molecular weight is 499 g/mol. The van der Waals surface area contributed by atoms with E-state index in [1.165, 1.54) is 0 Å². The predicted octanol–water partition coefficient (Wildman–Crippen LogP) is 5.41. The first-order valence-electron chi connectivity index (χ1n) is 12.3. The largest absolute Gasteiger partial charge is 0.481 e. The van der Waals surface area contributed by atoms with Gasteiger partial charge in [0.2, 0.25) is 6.79 Å². The van der Waals surface area contributed by atoms with Crippen LogP contribution in [0.25, 0.3) is 0 Å². The van der Waals surface area contributed by atoms with Crippen LogP contribution < -0.4 is 0 Å². The van der Waals surface area contributed by atoms with Crippen LogP contribution in [-0.4, -0.2) is 42.4 Å². The molecule has 0 saturated carbocycles. The number of hydrogen-bond donors (Lipinski definition) is 1. The van der Waals surface area contributed by atoms with E-state index >= 15 is 0 Å². The Hall–Kier alpha value is -3.68. The van der Waals surface area contributed by atoms with Gasteiger partial charge >= 0.3 is 23.9 Å². The third-order valence-corrected chi connectivity index (χ3v) is 5.60. The molecule has 1 atom stereocenters. The molecule has 36 heavy (non-hydrogen) atoms. The van der Waals surface area contributed by atoms with Gasteiger partial charge < -0.3 is 19.3 Å². The number of rotatable bonds is 17. The summed E-state index contributed by atoms with van der Waals surface area (Å²) in [6, 6.07) is 16.9. The smallest absolute Gasteiger partial charge is 0.340 e. The molecule has 0 saturated heterocycles. The minimum Gasteiger partial charge on any atom is -0.481 e. The lowest BCUT2D eigenvalue weighted by molar-refractivity contribution is -0.158. The van der Waals surface area contributed by atoms with Crippen LogP contribution in [0.3, 0.4) is 0 Å². The lowest BCUT2D eigenvalue weighted by atomic mass is 10.0. The van der Waals surface area contributed by atoms with Crippen molar-refractivity contribution in [1.29, 1.82) is 0 Å². The van der Waals surface area contributed by atoms with Crippen LogP contribution >= 0.6 is 0 Å². The molecule has 0 aliphatic heterocycles. The van der Waals surface area contributed by atoms with Gasteiger partial charge in [-0.2, -0.15) is 0 Å². The highest BCUT2D eigenvalue weighted by Gasteiger charge is 2.23. The normalized spacial score (nSPS) is 11.3. The van der Waals surface area contributed by atoms with Gasteiger partial charge in [0.25, 0.3) is 0 Å². The van der Waals surface area contributed by atoms with E-state index in [0.717, 1.165) is 38.5 Å². The van der Waals surface area contributed by atoms with E-state index in [1.807, 2.05) is 0 Å². The monoisotopic (exact) mass is 498 g/mol. The molecule has 1 N–H and O–H groups in total. The van der Waals surface area contributed by atoms with Crippen LogP contribution in [0.4, 0.5) is 0 Å². The topological polar surface area (TPSA) is 116 Å². The van der Waals surface area contributed by atoms with Crippen LogP contribution in [0.1, 0.15) is 78.5 Å². The molecule has 0 aliphatic rings. The Bertz CT molecular complexity index is 943. The van der Waals surface area contributed by atoms with Crippen molar-refractivity contribution in [3.63, 3.8) is 0 Å². The number of ether oxygens (including phenoxy) is 3. The highest BCUT2D eigenvalue weighted by molar-refractivity contribution is 5.90. The van der Waals surface area contributed by atoms with E-state index in [1.54, 1.807) is 60.7 Å². The maximum Gasteiger partial charge on any atom is 0.340 e. The Morgan fingerprint density at radius 3 is 1.69 bits per heavy atom. The molecule has 2 aromatic carbocycles. The first kappa shape index (κ1) is 28.6. The summed E-state index contributed by atoms with van der Waals surface area (Å²) < 4.78 is 15.5. The third-order valence-electron chi connectivity index (χ3n) is 5.60. The summed E-state index contributed by atoms with van der Waals surface area (Å²) in [5, 5.41) is 8.67. The maximum absolute atomic E-state index is 12.7. The molecular formula is C28H34O8.